The molecular weight excluding hydrogens is 381 g/mol. The van der Waals surface area contributed by atoms with Crippen molar-refractivity contribution in [3.63, 3.8) is 0 Å². The van der Waals surface area contributed by atoms with E-state index in [0.717, 1.165) is 13.1 Å². The number of halogens is 3. The summed E-state index contributed by atoms with van der Waals surface area (Å²) in [5.74, 6) is 0.450. The molecule has 4 rings (SSSR count). The largest absolute Gasteiger partial charge is 0.442 e. The van der Waals surface area contributed by atoms with E-state index in [4.69, 9.17) is 10.5 Å². The van der Waals surface area contributed by atoms with Gasteiger partial charge in [-0.15, -0.1) is 0 Å². The predicted molar refractivity (Wildman–Crippen MR) is 97.8 cm³/mol. The lowest BCUT2D eigenvalue weighted by molar-refractivity contribution is 0.142. The van der Waals surface area contributed by atoms with Crippen LogP contribution < -0.4 is 20.9 Å². The van der Waals surface area contributed by atoms with Crippen LogP contribution in [0.25, 0.3) is 0 Å². The normalized spacial score (nSPS) is 29.1. The van der Waals surface area contributed by atoms with Crippen molar-refractivity contribution in [2.45, 2.75) is 18.6 Å². The standard InChI is InChI=1S/C17H19F3N4O2S/c18-12-3-8(1-2-13(12)23-6-10-11(7-23)14(10)21)24-5-9(26-17(24)25)4-22-16(27)15(19)20/h1-3,9-11,14-15H,4-7,21H2,(H,22,27)/t9-,10-,11+,14?/m0/s1. The van der Waals surface area contributed by atoms with Crippen LogP contribution in [0.15, 0.2) is 18.2 Å². The van der Waals surface area contributed by atoms with Gasteiger partial charge < -0.3 is 20.7 Å². The molecule has 27 heavy (non-hydrogen) atoms. The first-order chi connectivity index (χ1) is 12.8. The Balaban J connectivity index is 1.39. The third kappa shape index (κ3) is 3.43. The molecule has 2 saturated heterocycles. The number of benzene rings is 1. The lowest BCUT2D eigenvalue weighted by Gasteiger charge is -2.23. The van der Waals surface area contributed by atoms with E-state index in [2.05, 4.69) is 17.5 Å². The van der Waals surface area contributed by atoms with Crippen molar-refractivity contribution in [2.75, 3.05) is 36.0 Å². The molecule has 6 nitrogen and oxygen atoms in total. The number of piperidine rings is 1. The van der Waals surface area contributed by atoms with Gasteiger partial charge >= 0.3 is 6.09 Å². The maximum Gasteiger partial charge on any atom is 0.414 e. The third-order valence-electron chi connectivity index (χ3n) is 5.42. The van der Waals surface area contributed by atoms with Crippen LogP contribution in [0.3, 0.4) is 0 Å². The molecule has 1 saturated carbocycles. The van der Waals surface area contributed by atoms with E-state index in [9.17, 15) is 18.0 Å². The molecule has 3 fully saturated rings. The van der Waals surface area contributed by atoms with E-state index in [1.165, 1.54) is 11.0 Å². The molecule has 1 aromatic rings. The Kier molecular flexibility index (Phi) is 4.63. The molecule has 0 spiro atoms. The maximum absolute atomic E-state index is 14.6. The predicted octanol–water partition coefficient (Wildman–Crippen LogP) is 1.73. The quantitative estimate of drug-likeness (QED) is 0.734. The van der Waals surface area contributed by atoms with Gasteiger partial charge in [0.2, 0.25) is 0 Å². The summed E-state index contributed by atoms with van der Waals surface area (Å²) in [6.45, 7) is 1.58. The SMILES string of the molecule is NC1[C@H]2CN(c3ccc(N4C[C@H](CNC(=S)C(F)F)OC4=O)cc3F)C[C@@H]12. The van der Waals surface area contributed by atoms with Crippen LogP contribution in [0.1, 0.15) is 0 Å². The van der Waals surface area contributed by atoms with Crippen molar-refractivity contribution in [1.82, 2.24) is 5.32 Å². The molecule has 4 atom stereocenters. The molecule has 10 heteroatoms. The Morgan fingerprint density at radius 3 is 2.67 bits per heavy atom. The number of cyclic esters (lactones) is 1. The Labute approximate surface area is 159 Å². The molecule has 3 aliphatic rings. The van der Waals surface area contributed by atoms with E-state index in [1.54, 1.807) is 12.1 Å². The van der Waals surface area contributed by atoms with Crippen LogP contribution in [0.5, 0.6) is 0 Å². The Hall–Kier alpha value is -2.07. The van der Waals surface area contributed by atoms with Crippen LogP contribution in [0.2, 0.25) is 0 Å². The van der Waals surface area contributed by atoms with E-state index in [0.29, 0.717) is 23.2 Å². The minimum Gasteiger partial charge on any atom is -0.442 e. The topological polar surface area (TPSA) is 70.8 Å². The van der Waals surface area contributed by atoms with Crippen LogP contribution in [-0.4, -0.2) is 55.8 Å². The molecule has 1 aliphatic carbocycles. The number of ether oxygens (including phenoxy) is 1. The second-order valence-electron chi connectivity index (χ2n) is 7.11. The number of nitrogens with zero attached hydrogens (tertiary/aromatic N) is 2. The fourth-order valence-electron chi connectivity index (χ4n) is 3.82. The molecule has 1 amide bonds. The van der Waals surface area contributed by atoms with E-state index in [1.807, 2.05) is 4.90 Å². The Bertz CT molecular complexity index is 769. The number of anilines is 2. The second kappa shape index (κ2) is 6.83. The van der Waals surface area contributed by atoms with Crippen molar-refractivity contribution >= 4 is 34.7 Å². The van der Waals surface area contributed by atoms with Gasteiger partial charge in [0, 0.05) is 19.1 Å². The zero-order chi connectivity index (χ0) is 19.3. The smallest absolute Gasteiger partial charge is 0.414 e. The minimum atomic E-state index is -2.76. The summed E-state index contributed by atoms with van der Waals surface area (Å²) in [6.07, 6.45) is -4.06. The number of fused-ring (bicyclic) bond motifs is 1. The zero-order valence-electron chi connectivity index (χ0n) is 14.3. The highest BCUT2D eigenvalue weighted by atomic mass is 32.1. The first kappa shape index (κ1) is 18.3. The van der Waals surface area contributed by atoms with Gasteiger partial charge in [-0.1, -0.05) is 12.2 Å². The summed E-state index contributed by atoms with van der Waals surface area (Å²) in [5, 5.41) is 2.37. The maximum atomic E-state index is 14.6. The number of alkyl halides is 2. The van der Waals surface area contributed by atoms with Gasteiger partial charge in [-0.3, -0.25) is 4.90 Å². The van der Waals surface area contributed by atoms with Gasteiger partial charge in [0.1, 0.15) is 16.9 Å². The Morgan fingerprint density at radius 1 is 1.33 bits per heavy atom. The Morgan fingerprint density at radius 2 is 2.04 bits per heavy atom. The molecule has 3 N–H and O–H groups in total. The number of hydrogen-bond donors (Lipinski definition) is 2. The summed E-state index contributed by atoms with van der Waals surface area (Å²) in [7, 11) is 0. The van der Waals surface area contributed by atoms with Gasteiger partial charge in [-0.05, 0) is 30.0 Å². The summed E-state index contributed by atoms with van der Waals surface area (Å²) < 4.78 is 44.5. The van der Waals surface area contributed by atoms with Crippen molar-refractivity contribution in [1.29, 1.82) is 0 Å². The van der Waals surface area contributed by atoms with Crippen molar-refractivity contribution in [2.24, 2.45) is 17.6 Å². The number of thiocarbonyl (C=S) groups is 1. The van der Waals surface area contributed by atoms with Crippen molar-refractivity contribution in [3.05, 3.63) is 24.0 Å². The number of carbonyl (C=O) groups excluding carboxylic acids is 1. The van der Waals surface area contributed by atoms with Crippen molar-refractivity contribution in [3.8, 4) is 0 Å². The van der Waals surface area contributed by atoms with Gasteiger partial charge in [-0.25, -0.2) is 18.0 Å². The first-order valence-electron chi connectivity index (χ1n) is 8.69. The van der Waals surface area contributed by atoms with Crippen LogP contribution in [0, 0.1) is 17.7 Å². The molecule has 0 bridgehead atoms. The van der Waals surface area contributed by atoms with Crippen molar-refractivity contribution < 1.29 is 22.7 Å². The van der Waals surface area contributed by atoms with Gasteiger partial charge in [0.25, 0.3) is 6.43 Å². The van der Waals surface area contributed by atoms with E-state index < -0.39 is 29.4 Å². The summed E-state index contributed by atoms with van der Waals surface area (Å²) in [4.78, 5) is 14.7. The van der Waals surface area contributed by atoms with Crippen LogP contribution >= 0.6 is 12.2 Å². The number of nitrogens with two attached hydrogens (primary N) is 1. The van der Waals surface area contributed by atoms with E-state index >= 15 is 0 Å². The van der Waals surface area contributed by atoms with Gasteiger partial charge in [-0.2, -0.15) is 0 Å². The molecule has 0 radical (unpaired) electrons. The average molecular weight is 400 g/mol. The van der Waals surface area contributed by atoms with Crippen LogP contribution in [-0.2, 0) is 4.74 Å². The van der Waals surface area contributed by atoms with Crippen LogP contribution in [0.4, 0.5) is 29.3 Å². The van der Waals surface area contributed by atoms with E-state index in [-0.39, 0.29) is 19.1 Å². The lowest BCUT2D eigenvalue weighted by atomic mass is 10.2. The molecule has 2 heterocycles. The molecule has 1 unspecified atom stereocenters. The fourth-order valence-corrected chi connectivity index (χ4v) is 3.90. The fraction of sp³-hybridized carbons (Fsp3) is 0.529. The molecule has 0 aromatic heterocycles. The number of rotatable bonds is 5. The minimum absolute atomic E-state index is 0.0250. The highest BCUT2D eigenvalue weighted by Crippen LogP contribution is 2.45. The number of nitrogens with one attached hydrogen (secondary N) is 1. The summed E-state index contributed by atoms with van der Waals surface area (Å²) >= 11 is 4.49. The molecular formula is C17H19F3N4O2S. The average Bonchev–Trinajstić information content (AvgIpc) is 3.00. The number of hydrogen-bond acceptors (Lipinski definition) is 5. The van der Waals surface area contributed by atoms with Gasteiger partial charge in [0.15, 0.2) is 0 Å². The molecule has 146 valence electrons. The highest BCUT2D eigenvalue weighted by molar-refractivity contribution is 7.80. The van der Waals surface area contributed by atoms with Gasteiger partial charge in [0.05, 0.1) is 24.5 Å². The molecule has 2 aliphatic heterocycles. The lowest BCUT2D eigenvalue weighted by Crippen LogP contribution is -2.36. The zero-order valence-corrected chi connectivity index (χ0v) is 15.1. The molecule has 1 aromatic carbocycles. The third-order valence-corrected chi connectivity index (χ3v) is 5.74. The summed E-state index contributed by atoms with van der Waals surface area (Å²) in [5.41, 5.74) is 6.77. The number of amides is 1. The number of carbonyl (C=O) groups is 1. The summed E-state index contributed by atoms with van der Waals surface area (Å²) in [6, 6.07) is 4.82. The second-order valence-corrected chi connectivity index (χ2v) is 7.55. The first-order valence-corrected chi connectivity index (χ1v) is 9.10. The highest BCUT2D eigenvalue weighted by Gasteiger charge is 2.53. The monoisotopic (exact) mass is 400 g/mol.